The first-order valence-electron chi connectivity index (χ1n) is 2.43. The second-order valence-electron chi connectivity index (χ2n) is 0.855. The molecule has 4 heteroatoms. The van der Waals surface area contributed by atoms with Gasteiger partial charge in [-0.2, -0.15) is 10.5 Å². The molecule has 0 amide bonds. The summed E-state index contributed by atoms with van der Waals surface area (Å²) in [5.74, 6) is 0. The number of rotatable bonds is 0. The van der Waals surface area contributed by atoms with E-state index in [2.05, 4.69) is 6.58 Å². The Balaban J connectivity index is -0.0000000150. The summed E-state index contributed by atoms with van der Waals surface area (Å²) in [6.45, 7) is 8.11. The van der Waals surface area contributed by atoms with Gasteiger partial charge in [0.05, 0.1) is 12.1 Å². The van der Waals surface area contributed by atoms with E-state index in [1.807, 2.05) is 6.92 Å². The van der Waals surface area contributed by atoms with Gasteiger partial charge in [0.1, 0.15) is 0 Å². The average molecular weight is 158 g/mol. The van der Waals surface area contributed by atoms with Crippen LogP contribution in [0.25, 0.3) is 0 Å². The van der Waals surface area contributed by atoms with Crippen molar-refractivity contribution in [2.45, 2.75) is 20.8 Å². The molecule has 66 valence electrons. The van der Waals surface area contributed by atoms with Crippen LogP contribution >= 0.6 is 0 Å². The van der Waals surface area contributed by atoms with E-state index in [9.17, 15) is 0 Å². The van der Waals surface area contributed by atoms with E-state index in [1.165, 1.54) is 13.8 Å². The van der Waals surface area contributed by atoms with Gasteiger partial charge in [0.15, 0.2) is 0 Å². The van der Waals surface area contributed by atoms with Gasteiger partial charge in [0.2, 0.25) is 0 Å². The largest absolute Gasteiger partial charge is 0.344 e. The molecule has 0 bridgehead atoms. The number of hydrogen-bond acceptors (Lipinski definition) is 4. The Kier molecular flexibility index (Phi) is 570. The molecule has 0 fully saturated rings. The molecule has 4 nitrogen and oxygen atoms in total. The predicted molar refractivity (Wildman–Crippen MR) is 48.5 cm³/mol. The van der Waals surface area contributed by atoms with Crippen molar-refractivity contribution >= 4 is 0 Å². The van der Waals surface area contributed by atoms with E-state index in [0.717, 1.165) is 0 Å². The molecule has 0 aliphatic carbocycles. The highest BCUT2D eigenvalue weighted by Gasteiger charge is 1.18. The summed E-state index contributed by atoms with van der Waals surface area (Å²) in [5, 5.41) is 14.6. The average Bonchev–Trinajstić information content (AvgIpc) is 1.70. The summed E-state index contributed by atoms with van der Waals surface area (Å²) in [6, 6.07) is 3.50. The van der Waals surface area contributed by atoms with Gasteiger partial charge in [0.25, 0.3) is 0 Å². The fourth-order valence-electron chi connectivity index (χ4n) is 0. The molecule has 11 heavy (non-hydrogen) atoms. The maximum Gasteiger partial charge on any atom is 0.0587 e. The predicted octanol–water partition coefficient (Wildman–Crippen LogP) is 2.58. The first-order chi connectivity index (χ1) is 4.24. The molecule has 0 saturated heterocycles. The van der Waals surface area contributed by atoms with Gasteiger partial charge in [-0.3, -0.25) is 0 Å². The molecule has 0 aromatic carbocycles. The molecule has 6 N–H and O–H groups in total. The second-order valence-corrected chi connectivity index (χ2v) is 0.855. The topological polar surface area (TPSA) is 118 Å². The van der Waals surface area contributed by atoms with Crippen LogP contribution in [0, 0.1) is 22.7 Å². The van der Waals surface area contributed by atoms with Crippen LogP contribution in [-0.4, -0.2) is 0 Å². The summed E-state index contributed by atoms with van der Waals surface area (Å²) >= 11 is 0. The summed E-state index contributed by atoms with van der Waals surface area (Å²) in [7, 11) is 0. The van der Waals surface area contributed by atoms with Gasteiger partial charge in [0, 0.05) is 13.8 Å². The third-order valence-electron chi connectivity index (χ3n) is 0. The molecular formula is C7H18N4. The molecule has 0 rings (SSSR count). The Morgan fingerprint density at radius 3 is 1.09 bits per heavy atom. The Bertz CT molecular complexity index is 94.6. The van der Waals surface area contributed by atoms with Crippen LogP contribution in [0.15, 0.2) is 12.7 Å². The Morgan fingerprint density at radius 2 is 1.09 bits per heavy atom. The van der Waals surface area contributed by atoms with Crippen molar-refractivity contribution in [3.8, 4) is 12.1 Å². The van der Waals surface area contributed by atoms with Crippen LogP contribution in [0.3, 0.4) is 0 Å². The molecule has 0 radical (unpaired) electrons. The standard InChI is InChI=1S/C3H6.2C2H3N.2H3N/c1-3-2;2*1-2-3;;/h3H,1H2,2H3;2*1H3;2*1H3. The SMILES string of the molecule is C=CC.CC#N.CC#N.N.N. The monoisotopic (exact) mass is 158 g/mol. The van der Waals surface area contributed by atoms with E-state index in [4.69, 9.17) is 10.5 Å². The van der Waals surface area contributed by atoms with E-state index in [0.29, 0.717) is 0 Å². The molecular weight excluding hydrogens is 140 g/mol. The van der Waals surface area contributed by atoms with E-state index in [1.54, 1.807) is 18.2 Å². The summed E-state index contributed by atoms with van der Waals surface area (Å²) in [6.07, 6.45) is 1.75. The molecule has 0 spiro atoms. The Morgan fingerprint density at radius 1 is 1.09 bits per heavy atom. The van der Waals surface area contributed by atoms with Crippen molar-refractivity contribution in [2.75, 3.05) is 0 Å². The zero-order valence-electron chi connectivity index (χ0n) is 7.59. The highest BCUT2D eigenvalue weighted by Crippen LogP contribution is 1.38. The number of nitrogens with zero attached hydrogens (tertiary/aromatic N) is 2. The van der Waals surface area contributed by atoms with E-state index in [-0.39, 0.29) is 12.3 Å². The van der Waals surface area contributed by atoms with Crippen LogP contribution in [0.1, 0.15) is 20.8 Å². The maximum atomic E-state index is 7.32. The zero-order chi connectivity index (χ0) is 8.12. The fourth-order valence-corrected chi connectivity index (χ4v) is 0. The molecule has 0 aliphatic heterocycles. The van der Waals surface area contributed by atoms with E-state index < -0.39 is 0 Å². The minimum atomic E-state index is 0. The highest BCUT2D eigenvalue weighted by atomic mass is 14.2. The van der Waals surface area contributed by atoms with Crippen molar-refractivity contribution < 1.29 is 0 Å². The van der Waals surface area contributed by atoms with Crippen molar-refractivity contribution in [1.82, 2.24) is 12.3 Å². The van der Waals surface area contributed by atoms with Crippen LogP contribution in [0.2, 0.25) is 0 Å². The summed E-state index contributed by atoms with van der Waals surface area (Å²) in [4.78, 5) is 0. The van der Waals surface area contributed by atoms with Crippen molar-refractivity contribution in [2.24, 2.45) is 0 Å². The molecule has 0 aromatic rings. The molecule has 0 aromatic heterocycles. The third kappa shape index (κ3) is 206. The third-order valence-corrected chi connectivity index (χ3v) is 0. The van der Waals surface area contributed by atoms with Gasteiger partial charge < -0.3 is 12.3 Å². The van der Waals surface area contributed by atoms with Crippen LogP contribution in [-0.2, 0) is 0 Å². The summed E-state index contributed by atoms with van der Waals surface area (Å²) in [5.41, 5.74) is 0. The quantitative estimate of drug-likeness (QED) is 0.526. The maximum absolute atomic E-state index is 7.32. The number of nitriles is 2. The van der Waals surface area contributed by atoms with Crippen LogP contribution in [0.4, 0.5) is 0 Å². The molecule has 0 unspecified atom stereocenters. The second kappa shape index (κ2) is 188. The summed E-state index contributed by atoms with van der Waals surface area (Å²) < 4.78 is 0. The Hall–Kier alpha value is -1.36. The lowest BCUT2D eigenvalue weighted by molar-refractivity contribution is 1.49. The normalized spacial score (nSPS) is 2.64. The first-order valence-corrected chi connectivity index (χ1v) is 2.43. The lowest BCUT2D eigenvalue weighted by atomic mass is 10.8. The van der Waals surface area contributed by atoms with Gasteiger partial charge in [-0.05, 0) is 6.92 Å². The van der Waals surface area contributed by atoms with Crippen molar-refractivity contribution in [1.29, 1.82) is 10.5 Å². The number of allylic oxidation sites excluding steroid dienone is 1. The lowest BCUT2D eigenvalue weighted by Gasteiger charge is -1.31. The first kappa shape index (κ1) is 33.4. The van der Waals surface area contributed by atoms with E-state index >= 15 is 0 Å². The van der Waals surface area contributed by atoms with Gasteiger partial charge in [-0.25, -0.2) is 0 Å². The molecule has 0 heterocycles. The van der Waals surface area contributed by atoms with Gasteiger partial charge in [-0.15, -0.1) is 6.58 Å². The smallest absolute Gasteiger partial charge is 0.0587 e. The van der Waals surface area contributed by atoms with Crippen molar-refractivity contribution in [3.63, 3.8) is 0 Å². The van der Waals surface area contributed by atoms with Crippen LogP contribution < -0.4 is 12.3 Å². The highest BCUT2D eigenvalue weighted by molar-refractivity contribution is 4.51. The molecule has 0 saturated carbocycles. The molecule has 0 atom stereocenters. The van der Waals surface area contributed by atoms with Crippen LogP contribution in [0.5, 0.6) is 0 Å². The minimum Gasteiger partial charge on any atom is -0.344 e. The Labute approximate surface area is 69.3 Å². The number of hydrogen-bond donors (Lipinski definition) is 2. The zero-order valence-corrected chi connectivity index (χ0v) is 7.59. The van der Waals surface area contributed by atoms with Gasteiger partial charge in [-0.1, -0.05) is 6.08 Å². The fraction of sp³-hybridized carbons (Fsp3) is 0.429. The van der Waals surface area contributed by atoms with Crippen molar-refractivity contribution in [3.05, 3.63) is 12.7 Å². The minimum absolute atomic E-state index is 0. The van der Waals surface area contributed by atoms with Gasteiger partial charge >= 0.3 is 0 Å². The molecule has 0 aliphatic rings. The lowest BCUT2D eigenvalue weighted by Crippen LogP contribution is -1.10.